The monoisotopic (exact) mass is 371 g/mol. The van der Waals surface area contributed by atoms with E-state index in [9.17, 15) is 4.79 Å². The predicted molar refractivity (Wildman–Crippen MR) is 102 cm³/mol. The molecule has 0 radical (unpaired) electrons. The lowest BCUT2D eigenvalue weighted by molar-refractivity contribution is 0.0953. The van der Waals surface area contributed by atoms with Gasteiger partial charge in [0, 0.05) is 12.1 Å². The molecule has 1 aliphatic rings. The summed E-state index contributed by atoms with van der Waals surface area (Å²) in [6.45, 7) is 6.59. The molecule has 0 spiro atoms. The van der Waals surface area contributed by atoms with Gasteiger partial charge in [-0.15, -0.1) is 0 Å². The van der Waals surface area contributed by atoms with Crippen LogP contribution in [-0.4, -0.2) is 38.9 Å². The van der Waals surface area contributed by atoms with Gasteiger partial charge in [0.05, 0.1) is 13.2 Å². The van der Waals surface area contributed by atoms with Crippen LogP contribution < -0.4 is 24.3 Å². The Morgan fingerprint density at radius 3 is 2.48 bits per heavy atom. The SMILES string of the molecule is CCOc1ccc(CCNC(=O)c2ccc3c(c2)OCCO3)cc1OCC. The van der Waals surface area contributed by atoms with Crippen molar-refractivity contribution >= 4 is 5.91 Å². The van der Waals surface area contributed by atoms with Crippen LogP contribution in [0.4, 0.5) is 0 Å². The minimum absolute atomic E-state index is 0.136. The first-order chi connectivity index (χ1) is 13.2. The number of benzene rings is 2. The highest BCUT2D eigenvalue weighted by atomic mass is 16.6. The van der Waals surface area contributed by atoms with E-state index in [2.05, 4.69) is 5.32 Å². The molecular formula is C21H25NO5. The summed E-state index contributed by atoms with van der Waals surface area (Å²) in [6.07, 6.45) is 0.697. The second-order valence-corrected chi connectivity index (χ2v) is 6.01. The Bertz CT molecular complexity index is 790. The third-order valence-corrected chi connectivity index (χ3v) is 4.11. The van der Waals surface area contributed by atoms with Gasteiger partial charge in [-0.05, 0) is 56.2 Å². The molecule has 1 amide bonds. The molecule has 6 heteroatoms. The summed E-state index contributed by atoms with van der Waals surface area (Å²) in [6, 6.07) is 11.1. The van der Waals surface area contributed by atoms with Gasteiger partial charge < -0.3 is 24.3 Å². The van der Waals surface area contributed by atoms with E-state index in [4.69, 9.17) is 18.9 Å². The van der Waals surface area contributed by atoms with E-state index in [1.54, 1.807) is 18.2 Å². The smallest absolute Gasteiger partial charge is 0.251 e. The largest absolute Gasteiger partial charge is 0.490 e. The number of hydrogen-bond donors (Lipinski definition) is 1. The number of fused-ring (bicyclic) bond motifs is 1. The highest BCUT2D eigenvalue weighted by molar-refractivity contribution is 5.94. The van der Waals surface area contributed by atoms with Crippen LogP contribution in [0.2, 0.25) is 0 Å². The molecule has 3 rings (SSSR count). The molecule has 0 bridgehead atoms. The van der Waals surface area contributed by atoms with Crippen LogP contribution in [0.1, 0.15) is 29.8 Å². The van der Waals surface area contributed by atoms with Crippen LogP contribution in [0.15, 0.2) is 36.4 Å². The first-order valence-corrected chi connectivity index (χ1v) is 9.27. The number of amides is 1. The van der Waals surface area contributed by atoms with Gasteiger partial charge in [0.15, 0.2) is 23.0 Å². The number of nitrogens with one attached hydrogen (secondary N) is 1. The molecule has 2 aromatic rings. The second-order valence-electron chi connectivity index (χ2n) is 6.01. The van der Waals surface area contributed by atoms with E-state index in [1.807, 2.05) is 32.0 Å². The molecule has 0 saturated carbocycles. The van der Waals surface area contributed by atoms with E-state index < -0.39 is 0 Å². The van der Waals surface area contributed by atoms with Crippen LogP contribution in [0.25, 0.3) is 0 Å². The molecule has 0 fully saturated rings. The van der Waals surface area contributed by atoms with E-state index in [-0.39, 0.29) is 5.91 Å². The maximum absolute atomic E-state index is 12.4. The first-order valence-electron chi connectivity index (χ1n) is 9.27. The van der Waals surface area contributed by atoms with Crippen LogP contribution in [0, 0.1) is 0 Å². The quantitative estimate of drug-likeness (QED) is 0.772. The number of ether oxygens (including phenoxy) is 4. The van der Waals surface area contributed by atoms with Gasteiger partial charge >= 0.3 is 0 Å². The molecule has 0 unspecified atom stereocenters. The van der Waals surface area contributed by atoms with Gasteiger partial charge in [-0.3, -0.25) is 4.79 Å². The molecule has 1 N–H and O–H groups in total. The molecule has 0 atom stereocenters. The van der Waals surface area contributed by atoms with Crippen molar-refractivity contribution in [3.05, 3.63) is 47.5 Å². The normalized spacial score (nSPS) is 12.4. The van der Waals surface area contributed by atoms with Crippen molar-refractivity contribution in [1.29, 1.82) is 0 Å². The van der Waals surface area contributed by atoms with E-state index in [0.29, 0.717) is 56.5 Å². The van der Waals surface area contributed by atoms with Gasteiger partial charge in [-0.1, -0.05) is 6.07 Å². The van der Waals surface area contributed by atoms with Gasteiger partial charge in [0.1, 0.15) is 13.2 Å². The van der Waals surface area contributed by atoms with Gasteiger partial charge in [-0.2, -0.15) is 0 Å². The number of carbonyl (C=O) groups is 1. The maximum Gasteiger partial charge on any atom is 0.251 e. The minimum atomic E-state index is -0.136. The summed E-state index contributed by atoms with van der Waals surface area (Å²) in [5.41, 5.74) is 1.63. The van der Waals surface area contributed by atoms with Crippen molar-refractivity contribution in [2.75, 3.05) is 33.0 Å². The summed E-state index contributed by atoms with van der Waals surface area (Å²) < 4.78 is 22.2. The van der Waals surface area contributed by atoms with Crippen molar-refractivity contribution in [1.82, 2.24) is 5.32 Å². The summed E-state index contributed by atoms with van der Waals surface area (Å²) in [4.78, 5) is 12.4. The van der Waals surface area contributed by atoms with E-state index in [0.717, 1.165) is 17.1 Å². The number of rotatable bonds is 8. The molecule has 27 heavy (non-hydrogen) atoms. The lowest BCUT2D eigenvalue weighted by Crippen LogP contribution is -2.26. The first kappa shape index (κ1) is 18.9. The van der Waals surface area contributed by atoms with Crippen molar-refractivity contribution in [2.45, 2.75) is 20.3 Å². The zero-order valence-electron chi connectivity index (χ0n) is 15.7. The molecular weight excluding hydrogens is 346 g/mol. The number of carbonyl (C=O) groups excluding carboxylic acids is 1. The topological polar surface area (TPSA) is 66.0 Å². The molecule has 1 aliphatic heterocycles. The number of hydrogen-bond acceptors (Lipinski definition) is 5. The molecule has 0 saturated heterocycles. The van der Waals surface area contributed by atoms with Crippen LogP contribution >= 0.6 is 0 Å². The fourth-order valence-electron chi connectivity index (χ4n) is 2.86. The summed E-state index contributed by atoms with van der Waals surface area (Å²) in [5.74, 6) is 2.62. The predicted octanol–water partition coefficient (Wildman–Crippen LogP) is 3.23. The van der Waals surface area contributed by atoms with Crippen LogP contribution in [0.5, 0.6) is 23.0 Å². The third kappa shape index (κ3) is 4.84. The summed E-state index contributed by atoms with van der Waals surface area (Å²) >= 11 is 0. The summed E-state index contributed by atoms with van der Waals surface area (Å²) in [7, 11) is 0. The zero-order valence-corrected chi connectivity index (χ0v) is 15.7. The Hall–Kier alpha value is -2.89. The Kier molecular flexibility index (Phi) is 6.41. The standard InChI is InChI=1S/C21H25NO5/c1-3-24-17-7-5-15(13-19(17)25-4-2)9-10-22-21(23)16-6-8-18-20(14-16)27-12-11-26-18/h5-8,13-14H,3-4,9-12H2,1-2H3,(H,22,23). The Morgan fingerprint density at radius 2 is 1.70 bits per heavy atom. The Labute approximate surface area is 159 Å². The summed E-state index contributed by atoms with van der Waals surface area (Å²) in [5, 5.41) is 2.94. The van der Waals surface area contributed by atoms with Gasteiger partial charge in [0.2, 0.25) is 0 Å². The minimum Gasteiger partial charge on any atom is -0.490 e. The van der Waals surface area contributed by atoms with Gasteiger partial charge in [-0.25, -0.2) is 0 Å². The van der Waals surface area contributed by atoms with E-state index in [1.165, 1.54) is 0 Å². The Balaban J connectivity index is 1.57. The molecule has 144 valence electrons. The van der Waals surface area contributed by atoms with Crippen molar-refractivity contribution in [3.8, 4) is 23.0 Å². The second kappa shape index (κ2) is 9.16. The average molecular weight is 371 g/mol. The third-order valence-electron chi connectivity index (χ3n) is 4.11. The highest BCUT2D eigenvalue weighted by Gasteiger charge is 2.15. The van der Waals surface area contributed by atoms with E-state index >= 15 is 0 Å². The van der Waals surface area contributed by atoms with Crippen LogP contribution in [0.3, 0.4) is 0 Å². The highest BCUT2D eigenvalue weighted by Crippen LogP contribution is 2.31. The molecule has 6 nitrogen and oxygen atoms in total. The van der Waals surface area contributed by atoms with Gasteiger partial charge in [0.25, 0.3) is 5.91 Å². The molecule has 0 aromatic heterocycles. The Morgan fingerprint density at radius 1 is 0.963 bits per heavy atom. The molecule has 2 aromatic carbocycles. The lowest BCUT2D eigenvalue weighted by atomic mass is 10.1. The van der Waals surface area contributed by atoms with Crippen molar-refractivity contribution < 1.29 is 23.7 Å². The zero-order chi connectivity index (χ0) is 19.1. The molecule has 0 aliphatic carbocycles. The fourth-order valence-corrected chi connectivity index (χ4v) is 2.86. The molecule has 1 heterocycles. The van der Waals surface area contributed by atoms with Crippen molar-refractivity contribution in [3.63, 3.8) is 0 Å². The maximum atomic E-state index is 12.4. The van der Waals surface area contributed by atoms with Crippen LogP contribution in [-0.2, 0) is 6.42 Å². The lowest BCUT2D eigenvalue weighted by Gasteiger charge is -2.18. The van der Waals surface area contributed by atoms with Crippen molar-refractivity contribution in [2.24, 2.45) is 0 Å². The fraction of sp³-hybridized carbons (Fsp3) is 0.381. The average Bonchev–Trinajstić information content (AvgIpc) is 2.69.